The molecule has 13 atom stereocenters. The van der Waals surface area contributed by atoms with E-state index in [9.17, 15) is 14.7 Å². The van der Waals surface area contributed by atoms with E-state index in [4.69, 9.17) is 19.9 Å². The van der Waals surface area contributed by atoms with Crippen molar-refractivity contribution in [1.29, 1.82) is 0 Å². The van der Waals surface area contributed by atoms with E-state index < -0.39 is 18.3 Å². The highest BCUT2D eigenvalue weighted by molar-refractivity contribution is 5.67. The molecule has 0 radical (unpaired) electrons. The van der Waals surface area contributed by atoms with Gasteiger partial charge in [0.2, 0.25) is 0 Å². The highest BCUT2D eigenvalue weighted by Crippen LogP contribution is 2.89. The first-order valence-electron chi connectivity index (χ1n) is 16.3. The monoisotopic (exact) mass is 574 g/mol. The number of ether oxygens (including phenoxy) is 3. The van der Waals surface area contributed by atoms with Gasteiger partial charge in [0.15, 0.2) is 0 Å². The van der Waals surface area contributed by atoms with Gasteiger partial charge in [0.25, 0.3) is 0 Å². The number of primary amides is 1. The molecule has 2 amide bonds. The number of alkyl carbamates (subject to hydrolysis) is 1. The molecule has 8 heteroatoms. The van der Waals surface area contributed by atoms with Crippen LogP contribution in [0.3, 0.4) is 0 Å². The average Bonchev–Trinajstić information content (AvgIpc) is 3.53. The molecule has 1 heterocycles. The Balaban J connectivity index is 1.31. The molecule has 6 fully saturated rings. The SMILES string of the molecule is CNC(=O)OC(C(C)C)C1C[C@@H](C)[C@H]2C(O1)[C@H](O)[C@@]1(C)C3CC[C@H]4C(C)(C)C(OC(N)=O)CCC45CC35CCC21C. The molecule has 6 aliphatic rings. The highest BCUT2D eigenvalue weighted by Gasteiger charge is 2.84. The summed E-state index contributed by atoms with van der Waals surface area (Å²) in [5.41, 5.74) is 5.58. The fourth-order valence-corrected chi connectivity index (χ4v) is 12.7. The molecule has 1 aliphatic heterocycles. The Labute approximate surface area is 246 Å². The highest BCUT2D eigenvalue weighted by atomic mass is 16.6. The number of hydrogen-bond acceptors (Lipinski definition) is 6. The molecule has 41 heavy (non-hydrogen) atoms. The molecule has 4 N–H and O–H groups in total. The third-order valence-electron chi connectivity index (χ3n) is 14.5. The summed E-state index contributed by atoms with van der Waals surface area (Å²) in [5, 5.41) is 15.0. The van der Waals surface area contributed by atoms with Gasteiger partial charge in [0.05, 0.1) is 18.3 Å². The lowest BCUT2D eigenvalue weighted by atomic mass is 9.41. The van der Waals surface area contributed by atoms with Crippen molar-refractivity contribution in [3.63, 3.8) is 0 Å². The Morgan fingerprint density at radius 1 is 1.02 bits per heavy atom. The summed E-state index contributed by atoms with van der Waals surface area (Å²) in [6.45, 7) is 15.9. The van der Waals surface area contributed by atoms with Gasteiger partial charge in [-0.25, -0.2) is 9.59 Å². The van der Waals surface area contributed by atoms with E-state index in [1.54, 1.807) is 7.05 Å². The quantitative estimate of drug-likeness (QED) is 0.399. The molecule has 0 aromatic heterocycles. The number of hydrogen-bond donors (Lipinski definition) is 3. The summed E-state index contributed by atoms with van der Waals surface area (Å²) in [7, 11) is 1.58. The predicted molar refractivity (Wildman–Crippen MR) is 155 cm³/mol. The standard InChI is InChI=1S/C33H54N2O6/c1-17(2)24(41-28(38)35-8)19-15-18(3)23-25(39-19)26(36)31(7)21-10-9-20-29(4,5)22(40-27(34)37)11-12-32(20)16-33(21,32)14-13-30(23,31)6/h17-26,36H,9-16H2,1-8H3,(H2,34,37)(H,35,38)/t18-,19?,20+,21?,22?,23+,24?,25?,26+,30?,31-,32?,33?/m1/s1. The molecule has 8 nitrogen and oxygen atoms in total. The second-order valence-electron chi connectivity index (χ2n) is 16.3. The zero-order valence-electron chi connectivity index (χ0n) is 26.5. The van der Waals surface area contributed by atoms with Gasteiger partial charge in [0, 0.05) is 17.9 Å². The number of aliphatic hydroxyl groups excluding tert-OH is 1. The van der Waals surface area contributed by atoms with Gasteiger partial charge >= 0.3 is 12.2 Å². The first kappa shape index (κ1) is 29.5. The van der Waals surface area contributed by atoms with Crippen molar-refractivity contribution in [1.82, 2.24) is 5.32 Å². The first-order chi connectivity index (χ1) is 19.1. The normalized spacial score (nSPS) is 51.7. The Hall–Kier alpha value is -1.54. The maximum absolute atomic E-state index is 12.4. The van der Waals surface area contributed by atoms with E-state index in [1.807, 2.05) is 0 Å². The number of fused-ring (bicyclic) bond motifs is 4. The summed E-state index contributed by atoms with van der Waals surface area (Å²) in [6.07, 6.45) is 5.86. The molecule has 6 rings (SSSR count). The lowest BCUT2D eigenvalue weighted by Gasteiger charge is -2.63. The average molecular weight is 575 g/mol. The van der Waals surface area contributed by atoms with E-state index in [1.165, 1.54) is 12.8 Å². The Morgan fingerprint density at radius 2 is 1.68 bits per heavy atom. The van der Waals surface area contributed by atoms with Gasteiger partial charge in [-0.1, -0.05) is 48.5 Å². The number of nitrogens with two attached hydrogens (primary N) is 1. The molecule has 5 saturated carbocycles. The minimum absolute atomic E-state index is 0.0230. The minimum atomic E-state index is -0.663. The summed E-state index contributed by atoms with van der Waals surface area (Å²) < 4.78 is 18.4. The van der Waals surface area contributed by atoms with Gasteiger partial charge in [-0.15, -0.1) is 0 Å². The van der Waals surface area contributed by atoms with E-state index in [0.29, 0.717) is 17.8 Å². The number of rotatable bonds is 4. The summed E-state index contributed by atoms with van der Waals surface area (Å²) >= 11 is 0. The van der Waals surface area contributed by atoms with E-state index in [-0.39, 0.29) is 63.3 Å². The van der Waals surface area contributed by atoms with Crippen LogP contribution in [0.15, 0.2) is 0 Å². The van der Waals surface area contributed by atoms with Crippen LogP contribution in [0.4, 0.5) is 9.59 Å². The molecule has 5 aliphatic carbocycles. The van der Waals surface area contributed by atoms with E-state index in [2.05, 4.69) is 53.8 Å². The molecular weight excluding hydrogens is 520 g/mol. The molecule has 1 saturated heterocycles. The summed E-state index contributed by atoms with van der Waals surface area (Å²) in [5.74, 6) is 1.66. The molecule has 0 aromatic rings. The molecule has 232 valence electrons. The molecular formula is C33H54N2O6. The van der Waals surface area contributed by atoms with Gasteiger partial charge in [-0.2, -0.15) is 0 Å². The van der Waals surface area contributed by atoms with Gasteiger partial charge in [-0.3, -0.25) is 0 Å². The van der Waals surface area contributed by atoms with Crippen molar-refractivity contribution < 1.29 is 28.9 Å². The largest absolute Gasteiger partial charge is 0.446 e. The Bertz CT molecular complexity index is 1100. The first-order valence-corrected chi connectivity index (χ1v) is 16.3. The Kier molecular flexibility index (Phi) is 6.65. The molecule has 2 spiro atoms. The van der Waals surface area contributed by atoms with Crippen LogP contribution in [0.5, 0.6) is 0 Å². The summed E-state index contributed by atoms with van der Waals surface area (Å²) in [4.78, 5) is 23.9. The van der Waals surface area contributed by atoms with Gasteiger partial charge in [-0.05, 0) is 97.2 Å². The van der Waals surface area contributed by atoms with Crippen LogP contribution in [0.2, 0.25) is 0 Å². The smallest absolute Gasteiger partial charge is 0.407 e. The lowest BCUT2D eigenvalue weighted by Crippen LogP contribution is -2.60. The number of amides is 2. The van der Waals surface area contributed by atoms with Gasteiger partial charge in [0.1, 0.15) is 12.2 Å². The summed E-state index contributed by atoms with van der Waals surface area (Å²) in [6, 6.07) is 0. The zero-order valence-corrected chi connectivity index (χ0v) is 26.5. The van der Waals surface area contributed by atoms with Crippen LogP contribution >= 0.6 is 0 Å². The molecule has 8 unspecified atom stereocenters. The van der Waals surface area contributed by atoms with Crippen LogP contribution < -0.4 is 11.1 Å². The molecule has 0 bridgehead atoms. The minimum Gasteiger partial charge on any atom is -0.446 e. The van der Waals surface area contributed by atoms with Crippen LogP contribution in [0.25, 0.3) is 0 Å². The van der Waals surface area contributed by atoms with E-state index >= 15 is 0 Å². The van der Waals surface area contributed by atoms with Crippen LogP contribution in [0, 0.1) is 56.7 Å². The van der Waals surface area contributed by atoms with Gasteiger partial charge < -0.3 is 30.4 Å². The second kappa shape index (κ2) is 9.23. The van der Waals surface area contributed by atoms with Crippen molar-refractivity contribution in [2.45, 2.75) is 130 Å². The number of carbonyl (C=O) groups is 2. The van der Waals surface area contributed by atoms with Crippen LogP contribution in [-0.4, -0.2) is 54.9 Å². The van der Waals surface area contributed by atoms with Crippen LogP contribution in [-0.2, 0) is 14.2 Å². The second-order valence-corrected chi connectivity index (χ2v) is 16.3. The fraction of sp³-hybridized carbons (Fsp3) is 0.939. The third-order valence-corrected chi connectivity index (χ3v) is 14.5. The van der Waals surface area contributed by atoms with Crippen molar-refractivity contribution in [3.05, 3.63) is 0 Å². The van der Waals surface area contributed by atoms with Crippen molar-refractivity contribution in [2.75, 3.05) is 7.05 Å². The number of nitrogens with one attached hydrogen (secondary N) is 1. The Morgan fingerprint density at radius 3 is 2.32 bits per heavy atom. The maximum atomic E-state index is 12.4. The van der Waals surface area contributed by atoms with Crippen molar-refractivity contribution in [3.8, 4) is 0 Å². The topological polar surface area (TPSA) is 120 Å². The van der Waals surface area contributed by atoms with E-state index in [0.717, 1.165) is 38.5 Å². The van der Waals surface area contributed by atoms with Crippen LogP contribution in [0.1, 0.15) is 99.8 Å². The molecule has 0 aromatic carbocycles. The number of carbonyl (C=O) groups excluding carboxylic acids is 2. The predicted octanol–water partition coefficient (Wildman–Crippen LogP) is 5.64. The van der Waals surface area contributed by atoms with Crippen molar-refractivity contribution in [2.24, 2.45) is 62.4 Å². The number of aliphatic hydroxyl groups is 1. The lowest BCUT2D eigenvalue weighted by molar-refractivity contribution is -0.184. The fourth-order valence-electron chi connectivity index (χ4n) is 12.7. The zero-order chi connectivity index (χ0) is 29.9. The maximum Gasteiger partial charge on any atom is 0.407 e. The third kappa shape index (κ3) is 3.64. The van der Waals surface area contributed by atoms with Crippen molar-refractivity contribution >= 4 is 12.2 Å².